The molecule has 2 aromatic carbocycles. The van der Waals surface area contributed by atoms with Gasteiger partial charge in [0, 0.05) is 25.8 Å². The predicted molar refractivity (Wildman–Crippen MR) is 107 cm³/mol. The molecule has 3 rings (SSSR count). The van der Waals surface area contributed by atoms with Gasteiger partial charge in [0.1, 0.15) is 0 Å². The number of hydrogen-bond acceptors (Lipinski definition) is 4. The molecule has 1 fully saturated rings. The summed E-state index contributed by atoms with van der Waals surface area (Å²) < 4.78 is 19.2. The van der Waals surface area contributed by atoms with Gasteiger partial charge in [0.2, 0.25) is 0 Å². The molecule has 5 heteroatoms. The molecule has 1 saturated heterocycles. The second-order valence-electron chi connectivity index (χ2n) is 7.80. The Kier molecular flexibility index (Phi) is 6.81. The molecule has 3 unspecified atom stereocenters. The molecule has 1 N–H and O–H groups in total. The number of carbonyl (C=O) groups is 1. The summed E-state index contributed by atoms with van der Waals surface area (Å²) in [6.45, 7) is 4.16. The highest BCUT2D eigenvalue weighted by molar-refractivity contribution is 5.97. The fourth-order valence-electron chi connectivity index (χ4n) is 4.03. The number of aromatic hydroxyl groups is 1. The number of ether oxygens (including phenoxy) is 1. The highest BCUT2D eigenvalue weighted by atomic mass is 19.1. The topological polar surface area (TPSA) is 49.8 Å². The number of hydrogen-bond donors (Lipinski definition) is 1. The van der Waals surface area contributed by atoms with Crippen LogP contribution in [0.1, 0.15) is 29.3 Å². The van der Waals surface area contributed by atoms with Crippen molar-refractivity contribution in [2.24, 2.45) is 11.8 Å². The molecule has 0 radical (unpaired) electrons. The van der Waals surface area contributed by atoms with Crippen molar-refractivity contribution in [1.82, 2.24) is 4.90 Å². The minimum absolute atomic E-state index is 0.126. The van der Waals surface area contributed by atoms with Crippen LogP contribution in [0.4, 0.5) is 4.39 Å². The maximum Gasteiger partial charge on any atom is 0.176 e. The molecule has 1 aliphatic heterocycles. The zero-order valence-electron chi connectivity index (χ0n) is 16.5. The Morgan fingerprint density at radius 3 is 2.68 bits per heavy atom. The van der Waals surface area contributed by atoms with E-state index in [9.17, 15) is 14.3 Å². The normalized spacial score (nSPS) is 21.0. The van der Waals surface area contributed by atoms with E-state index in [1.807, 2.05) is 18.2 Å². The second kappa shape index (κ2) is 9.30. The Balaban J connectivity index is 1.55. The summed E-state index contributed by atoms with van der Waals surface area (Å²) in [6.07, 6.45) is 1.98. The molecule has 0 bridgehead atoms. The zero-order valence-corrected chi connectivity index (χ0v) is 16.5. The first-order valence-electron chi connectivity index (χ1n) is 9.77. The lowest BCUT2D eigenvalue weighted by atomic mass is 9.90. The van der Waals surface area contributed by atoms with Gasteiger partial charge in [0.15, 0.2) is 17.3 Å². The second-order valence-corrected chi connectivity index (χ2v) is 7.80. The number of nitrogens with zero attached hydrogens (tertiary/aromatic N) is 1. The summed E-state index contributed by atoms with van der Waals surface area (Å²) in [6, 6.07) is 14.1. The minimum Gasteiger partial charge on any atom is -0.505 e. The third-order valence-corrected chi connectivity index (χ3v) is 5.69. The number of Topliss-reactive ketones (excluding diaryl/α,β-unsaturated/α-hetero) is 1. The first-order valence-corrected chi connectivity index (χ1v) is 9.77. The third kappa shape index (κ3) is 5.18. The number of carbonyl (C=O) groups excluding carboxylic acids is 1. The number of phenolic OH excluding ortho intramolecular Hbond substituents is 1. The van der Waals surface area contributed by atoms with Crippen LogP contribution in [0.3, 0.4) is 0 Å². The number of rotatable bonds is 8. The van der Waals surface area contributed by atoms with E-state index in [2.05, 4.69) is 24.0 Å². The predicted octanol–water partition coefficient (Wildman–Crippen LogP) is 3.93. The lowest BCUT2D eigenvalue weighted by Gasteiger charge is -2.22. The number of ketones is 1. The van der Waals surface area contributed by atoms with Crippen LogP contribution in [0.5, 0.6) is 5.75 Å². The molecule has 0 aliphatic carbocycles. The van der Waals surface area contributed by atoms with Crippen molar-refractivity contribution < 1.29 is 19.0 Å². The van der Waals surface area contributed by atoms with Crippen LogP contribution in [0, 0.1) is 17.7 Å². The van der Waals surface area contributed by atoms with Crippen molar-refractivity contribution in [3.8, 4) is 5.75 Å². The summed E-state index contributed by atoms with van der Waals surface area (Å²) >= 11 is 0. The highest BCUT2D eigenvalue weighted by Gasteiger charge is 2.32. The summed E-state index contributed by atoms with van der Waals surface area (Å²) in [4.78, 5) is 14.6. The Hall–Kier alpha value is -2.24. The summed E-state index contributed by atoms with van der Waals surface area (Å²) in [7, 11) is 1.76. The summed E-state index contributed by atoms with van der Waals surface area (Å²) in [5.74, 6) is -0.395. The maximum absolute atomic E-state index is 13.5. The first-order chi connectivity index (χ1) is 13.5. The smallest absolute Gasteiger partial charge is 0.176 e. The van der Waals surface area contributed by atoms with Crippen LogP contribution < -0.4 is 0 Å². The van der Waals surface area contributed by atoms with Gasteiger partial charge in [0.25, 0.3) is 0 Å². The van der Waals surface area contributed by atoms with Crippen molar-refractivity contribution in [3.63, 3.8) is 0 Å². The molecule has 0 spiro atoms. The van der Waals surface area contributed by atoms with Crippen LogP contribution in [0.25, 0.3) is 0 Å². The van der Waals surface area contributed by atoms with E-state index in [-0.39, 0.29) is 18.4 Å². The standard InChI is InChI=1S/C23H28FNO3/c1-16-13-25(15-23(27)18-8-9-22(26)21(24)12-18)14-19(16)11-20(28-2)10-17-6-4-3-5-7-17/h3-9,12,16,19-20,26H,10-11,13-15H2,1-2H3. The summed E-state index contributed by atoms with van der Waals surface area (Å²) in [5.41, 5.74) is 1.56. The Morgan fingerprint density at radius 1 is 1.25 bits per heavy atom. The molecule has 2 aromatic rings. The van der Waals surface area contributed by atoms with E-state index in [0.29, 0.717) is 17.4 Å². The van der Waals surface area contributed by atoms with Gasteiger partial charge in [0.05, 0.1) is 12.6 Å². The van der Waals surface area contributed by atoms with E-state index in [1.54, 1.807) is 7.11 Å². The highest BCUT2D eigenvalue weighted by Crippen LogP contribution is 2.29. The van der Waals surface area contributed by atoms with Crippen LogP contribution >= 0.6 is 0 Å². The Morgan fingerprint density at radius 2 is 2.00 bits per heavy atom. The van der Waals surface area contributed by atoms with Gasteiger partial charge in [-0.3, -0.25) is 9.69 Å². The average Bonchev–Trinajstić information content (AvgIpc) is 3.03. The molecule has 1 heterocycles. The van der Waals surface area contributed by atoms with Crippen LogP contribution in [-0.2, 0) is 11.2 Å². The number of likely N-dealkylation sites (tertiary alicyclic amines) is 1. The first kappa shape index (κ1) is 20.5. The van der Waals surface area contributed by atoms with E-state index >= 15 is 0 Å². The molecule has 3 atom stereocenters. The lowest BCUT2D eigenvalue weighted by molar-refractivity contribution is 0.0763. The van der Waals surface area contributed by atoms with E-state index in [0.717, 1.165) is 32.0 Å². The van der Waals surface area contributed by atoms with Gasteiger partial charge in [-0.25, -0.2) is 4.39 Å². The van der Waals surface area contributed by atoms with Crippen molar-refractivity contribution in [2.75, 3.05) is 26.7 Å². The monoisotopic (exact) mass is 385 g/mol. The van der Waals surface area contributed by atoms with Gasteiger partial charge < -0.3 is 9.84 Å². The fourth-order valence-corrected chi connectivity index (χ4v) is 4.03. The molecule has 0 saturated carbocycles. The van der Waals surface area contributed by atoms with Crippen LogP contribution in [-0.4, -0.2) is 48.6 Å². The average molecular weight is 385 g/mol. The van der Waals surface area contributed by atoms with E-state index in [1.165, 1.54) is 17.7 Å². The number of benzene rings is 2. The molecular formula is C23H28FNO3. The van der Waals surface area contributed by atoms with Crippen LogP contribution in [0.2, 0.25) is 0 Å². The van der Waals surface area contributed by atoms with E-state index in [4.69, 9.17) is 4.74 Å². The van der Waals surface area contributed by atoms with Gasteiger partial charge in [-0.05, 0) is 48.4 Å². The number of halogens is 1. The number of phenols is 1. The Labute approximate surface area is 165 Å². The number of methoxy groups -OCH3 is 1. The molecule has 0 aromatic heterocycles. The zero-order chi connectivity index (χ0) is 20.1. The summed E-state index contributed by atoms with van der Waals surface area (Å²) in [5, 5.41) is 9.28. The molecule has 0 amide bonds. The van der Waals surface area contributed by atoms with Crippen molar-refractivity contribution in [2.45, 2.75) is 25.9 Å². The van der Waals surface area contributed by atoms with Gasteiger partial charge >= 0.3 is 0 Å². The van der Waals surface area contributed by atoms with Gasteiger partial charge in [-0.1, -0.05) is 37.3 Å². The van der Waals surface area contributed by atoms with E-state index < -0.39 is 11.6 Å². The molecule has 4 nitrogen and oxygen atoms in total. The van der Waals surface area contributed by atoms with Crippen molar-refractivity contribution >= 4 is 5.78 Å². The van der Waals surface area contributed by atoms with Crippen molar-refractivity contribution in [3.05, 3.63) is 65.5 Å². The van der Waals surface area contributed by atoms with Crippen LogP contribution in [0.15, 0.2) is 48.5 Å². The molecule has 1 aliphatic rings. The molecular weight excluding hydrogens is 357 g/mol. The minimum atomic E-state index is -0.762. The largest absolute Gasteiger partial charge is 0.505 e. The van der Waals surface area contributed by atoms with Crippen molar-refractivity contribution in [1.29, 1.82) is 0 Å². The fraction of sp³-hybridized carbons (Fsp3) is 0.435. The van der Waals surface area contributed by atoms with Gasteiger partial charge in [-0.15, -0.1) is 0 Å². The Bertz CT molecular complexity index is 796. The molecule has 28 heavy (non-hydrogen) atoms. The quantitative estimate of drug-likeness (QED) is 0.700. The van der Waals surface area contributed by atoms with Gasteiger partial charge in [-0.2, -0.15) is 0 Å². The lowest BCUT2D eigenvalue weighted by Crippen LogP contribution is -2.28. The third-order valence-electron chi connectivity index (χ3n) is 5.69. The maximum atomic E-state index is 13.5. The molecule has 150 valence electrons. The SMILES string of the molecule is COC(Cc1ccccc1)CC1CN(CC(=O)c2ccc(O)c(F)c2)CC1C.